The minimum Gasteiger partial charge on any atom is -0.331 e. The number of rotatable bonds is 4. The molecule has 3 aromatic rings. The molecule has 0 aliphatic heterocycles. The average Bonchev–Trinajstić information content (AvgIpc) is 3.05. The first-order chi connectivity index (χ1) is 11.2. The summed E-state index contributed by atoms with van der Waals surface area (Å²) in [6.07, 6.45) is 0. The molecule has 0 amide bonds. The molecule has 116 valence electrons. The maximum atomic E-state index is 5.26. The Morgan fingerprint density at radius 3 is 2.52 bits per heavy atom. The highest BCUT2D eigenvalue weighted by atomic mass is 32.1. The molecule has 3 N–H and O–H groups in total. The zero-order chi connectivity index (χ0) is 16.1. The Balaban J connectivity index is 1.55. The molecule has 0 fully saturated rings. The third-order valence-corrected chi connectivity index (χ3v) is 4.13. The second kappa shape index (κ2) is 7.21. The molecular weight excluding hydrogens is 324 g/mol. The smallest absolute Gasteiger partial charge is 0.202 e. The van der Waals surface area contributed by atoms with E-state index >= 15 is 0 Å². The van der Waals surface area contributed by atoms with E-state index in [9.17, 15) is 0 Å². The van der Waals surface area contributed by atoms with Crippen LogP contribution in [-0.4, -0.2) is 10.1 Å². The average molecular weight is 340 g/mol. The van der Waals surface area contributed by atoms with Gasteiger partial charge in [0.15, 0.2) is 5.11 Å². The third kappa shape index (κ3) is 4.28. The van der Waals surface area contributed by atoms with E-state index in [1.54, 1.807) is 0 Å². The summed E-state index contributed by atoms with van der Waals surface area (Å²) in [5.74, 6) is 0. The van der Waals surface area contributed by atoms with Crippen LogP contribution in [0.15, 0.2) is 60.0 Å². The Morgan fingerprint density at radius 1 is 1.04 bits per heavy atom. The molecule has 2 aromatic carbocycles. The van der Waals surface area contributed by atoms with Crippen molar-refractivity contribution in [1.29, 1.82) is 0 Å². The molecule has 1 aromatic heterocycles. The Labute approximate surface area is 144 Å². The molecule has 1 heterocycles. The number of nitrogens with zero attached hydrogens (tertiary/aromatic N) is 1. The normalized spacial score (nSPS) is 10.1. The minimum atomic E-state index is 0.491. The Kier molecular flexibility index (Phi) is 4.85. The first-order valence-corrected chi connectivity index (χ1v) is 8.40. The van der Waals surface area contributed by atoms with E-state index in [0.29, 0.717) is 5.11 Å². The molecule has 0 bridgehead atoms. The number of anilines is 2. The van der Waals surface area contributed by atoms with E-state index in [-0.39, 0.29) is 0 Å². The number of thiazole rings is 1. The first kappa shape index (κ1) is 15.5. The molecule has 0 aliphatic rings. The lowest BCUT2D eigenvalue weighted by Crippen LogP contribution is -2.33. The lowest BCUT2D eigenvalue weighted by Gasteiger charge is -2.10. The topological polar surface area (TPSA) is 49.0 Å². The zero-order valence-electron chi connectivity index (χ0n) is 12.5. The largest absolute Gasteiger partial charge is 0.331 e. The standard InChI is InChI=1S/C17H16N4S2/c1-12-7-9-14(10-8-12)18-16(22)20-21-17-19-15(11-23-17)13-5-3-2-4-6-13/h2-11H,1H3,(H,19,21)(H2,18,20,22). The Hall–Kier alpha value is -2.44. The lowest BCUT2D eigenvalue weighted by atomic mass is 10.2. The molecule has 0 atom stereocenters. The van der Waals surface area contributed by atoms with Crippen LogP contribution in [0.4, 0.5) is 10.8 Å². The molecule has 3 rings (SSSR count). The van der Waals surface area contributed by atoms with Gasteiger partial charge in [-0.3, -0.25) is 10.9 Å². The maximum Gasteiger partial charge on any atom is 0.202 e. The van der Waals surface area contributed by atoms with Crippen LogP contribution in [0.5, 0.6) is 0 Å². The van der Waals surface area contributed by atoms with Crippen molar-refractivity contribution in [2.75, 3.05) is 10.7 Å². The first-order valence-electron chi connectivity index (χ1n) is 7.11. The van der Waals surface area contributed by atoms with Crippen LogP contribution in [0.25, 0.3) is 11.3 Å². The number of aryl methyl sites for hydroxylation is 1. The zero-order valence-corrected chi connectivity index (χ0v) is 14.2. The predicted octanol–water partition coefficient (Wildman–Crippen LogP) is 4.43. The predicted molar refractivity (Wildman–Crippen MR) is 102 cm³/mol. The van der Waals surface area contributed by atoms with Gasteiger partial charge in [0.05, 0.1) is 5.69 Å². The lowest BCUT2D eigenvalue weighted by molar-refractivity contribution is 1.12. The fourth-order valence-corrected chi connectivity index (χ4v) is 2.82. The number of nitrogens with one attached hydrogen (secondary N) is 3. The quantitative estimate of drug-likeness (QED) is 0.484. The summed E-state index contributed by atoms with van der Waals surface area (Å²) in [4.78, 5) is 4.53. The molecule has 0 saturated carbocycles. The SMILES string of the molecule is Cc1ccc(NC(=S)NNc2nc(-c3ccccc3)cs2)cc1. The van der Waals surface area contributed by atoms with Gasteiger partial charge in [-0.05, 0) is 31.3 Å². The van der Waals surface area contributed by atoms with Crippen LogP contribution >= 0.6 is 23.6 Å². The van der Waals surface area contributed by atoms with Crippen molar-refractivity contribution in [3.8, 4) is 11.3 Å². The number of hydrazine groups is 1. The van der Waals surface area contributed by atoms with E-state index in [1.807, 2.05) is 60.0 Å². The molecule has 6 heteroatoms. The van der Waals surface area contributed by atoms with Crippen molar-refractivity contribution in [1.82, 2.24) is 10.4 Å². The fraction of sp³-hybridized carbons (Fsp3) is 0.0588. The van der Waals surface area contributed by atoms with Gasteiger partial charge in [0, 0.05) is 16.6 Å². The summed E-state index contributed by atoms with van der Waals surface area (Å²) in [6.45, 7) is 2.05. The van der Waals surface area contributed by atoms with Crippen LogP contribution in [0, 0.1) is 6.92 Å². The fourth-order valence-electron chi connectivity index (χ4n) is 1.98. The van der Waals surface area contributed by atoms with Gasteiger partial charge in [-0.25, -0.2) is 4.98 Å². The van der Waals surface area contributed by atoms with Gasteiger partial charge in [0.25, 0.3) is 0 Å². The van der Waals surface area contributed by atoms with Crippen molar-refractivity contribution in [2.45, 2.75) is 6.92 Å². The summed E-state index contributed by atoms with van der Waals surface area (Å²) >= 11 is 6.78. The van der Waals surface area contributed by atoms with Gasteiger partial charge in [-0.1, -0.05) is 48.0 Å². The molecule has 0 aliphatic carbocycles. The van der Waals surface area contributed by atoms with Crippen molar-refractivity contribution in [3.05, 3.63) is 65.5 Å². The van der Waals surface area contributed by atoms with E-state index in [1.165, 1.54) is 16.9 Å². The number of hydrogen-bond donors (Lipinski definition) is 3. The van der Waals surface area contributed by atoms with Crippen LogP contribution in [-0.2, 0) is 0 Å². The summed E-state index contributed by atoms with van der Waals surface area (Å²) in [5.41, 5.74) is 10.2. The van der Waals surface area contributed by atoms with Gasteiger partial charge in [-0.2, -0.15) is 0 Å². The van der Waals surface area contributed by atoms with Crippen molar-refractivity contribution < 1.29 is 0 Å². The molecule has 23 heavy (non-hydrogen) atoms. The Morgan fingerprint density at radius 2 is 1.78 bits per heavy atom. The highest BCUT2D eigenvalue weighted by Crippen LogP contribution is 2.23. The van der Waals surface area contributed by atoms with Gasteiger partial charge >= 0.3 is 0 Å². The molecule has 0 spiro atoms. The van der Waals surface area contributed by atoms with Crippen LogP contribution in [0.2, 0.25) is 0 Å². The highest BCUT2D eigenvalue weighted by molar-refractivity contribution is 7.80. The van der Waals surface area contributed by atoms with Gasteiger partial charge in [0.2, 0.25) is 5.13 Å². The van der Waals surface area contributed by atoms with Crippen LogP contribution in [0.3, 0.4) is 0 Å². The third-order valence-electron chi connectivity index (χ3n) is 3.17. The van der Waals surface area contributed by atoms with Gasteiger partial charge < -0.3 is 5.32 Å². The van der Waals surface area contributed by atoms with E-state index in [0.717, 1.165) is 22.1 Å². The number of thiocarbonyl (C=S) groups is 1. The van der Waals surface area contributed by atoms with E-state index < -0.39 is 0 Å². The summed E-state index contributed by atoms with van der Waals surface area (Å²) in [5, 5.41) is 6.37. The van der Waals surface area contributed by atoms with E-state index in [2.05, 4.69) is 28.1 Å². The van der Waals surface area contributed by atoms with Gasteiger partial charge in [0.1, 0.15) is 0 Å². The van der Waals surface area contributed by atoms with Crippen molar-refractivity contribution >= 4 is 39.5 Å². The molecular formula is C17H16N4S2. The monoisotopic (exact) mass is 340 g/mol. The summed E-state index contributed by atoms with van der Waals surface area (Å²) < 4.78 is 0. The highest BCUT2D eigenvalue weighted by Gasteiger charge is 2.04. The number of hydrogen-bond acceptors (Lipinski definition) is 4. The van der Waals surface area contributed by atoms with Crippen LogP contribution in [0.1, 0.15) is 5.56 Å². The van der Waals surface area contributed by atoms with E-state index in [4.69, 9.17) is 12.2 Å². The summed E-state index contributed by atoms with van der Waals surface area (Å²) in [7, 11) is 0. The van der Waals surface area contributed by atoms with Crippen molar-refractivity contribution in [2.24, 2.45) is 0 Å². The maximum absolute atomic E-state index is 5.26. The molecule has 0 unspecified atom stereocenters. The Bertz CT molecular complexity index is 782. The summed E-state index contributed by atoms with van der Waals surface area (Å²) in [6, 6.07) is 18.1. The van der Waals surface area contributed by atoms with Gasteiger partial charge in [-0.15, -0.1) is 11.3 Å². The van der Waals surface area contributed by atoms with Crippen molar-refractivity contribution in [3.63, 3.8) is 0 Å². The minimum absolute atomic E-state index is 0.491. The number of benzene rings is 2. The molecule has 4 nitrogen and oxygen atoms in total. The second-order valence-electron chi connectivity index (χ2n) is 4.97. The second-order valence-corrected chi connectivity index (χ2v) is 6.24. The molecule has 0 saturated heterocycles. The molecule has 0 radical (unpaired) electrons. The van der Waals surface area contributed by atoms with Crippen LogP contribution < -0.4 is 16.2 Å². The number of aromatic nitrogens is 1.